The van der Waals surface area contributed by atoms with Crippen LogP contribution in [0.1, 0.15) is 16.2 Å². The Kier molecular flexibility index (Phi) is 2.40. The van der Waals surface area contributed by atoms with Crippen molar-refractivity contribution < 1.29 is 4.79 Å². The summed E-state index contributed by atoms with van der Waals surface area (Å²) in [7, 11) is 1.66. The molecule has 0 aliphatic rings. The van der Waals surface area contributed by atoms with Crippen LogP contribution in [0.5, 0.6) is 0 Å². The van der Waals surface area contributed by atoms with Crippen LogP contribution in [-0.2, 0) is 6.54 Å². The van der Waals surface area contributed by atoms with Gasteiger partial charge in [-0.3, -0.25) is 9.89 Å². The summed E-state index contributed by atoms with van der Waals surface area (Å²) in [6, 6.07) is 0. The second kappa shape index (κ2) is 3.86. The number of carbonyl (C=O) groups excluding carboxylic acids is 1. The molecule has 0 fully saturated rings. The molecular formula is C7H9N7O. The van der Waals surface area contributed by atoms with Crippen LogP contribution in [0.4, 0.5) is 0 Å². The molecule has 0 atom stereocenters. The summed E-state index contributed by atoms with van der Waals surface area (Å²) in [5, 5.41) is 19.2. The number of hydrogen-bond acceptors (Lipinski definition) is 5. The number of rotatable bonds is 3. The standard InChI is InChI=1S/C7H9N7O/c1-14(4-5-2-8-9-3-5)7(15)6-10-12-13-11-6/h2-3H,4H2,1H3,(H,8,9)(H,10,11,12,13). The Morgan fingerprint density at radius 2 is 2.47 bits per heavy atom. The monoisotopic (exact) mass is 207 g/mol. The minimum absolute atomic E-state index is 0.0565. The van der Waals surface area contributed by atoms with E-state index in [0.29, 0.717) is 6.54 Å². The Labute approximate surface area is 84.7 Å². The minimum Gasteiger partial charge on any atom is -0.334 e. The fourth-order valence-corrected chi connectivity index (χ4v) is 1.13. The summed E-state index contributed by atoms with van der Waals surface area (Å²) in [5.41, 5.74) is 0.911. The summed E-state index contributed by atoms with van der Waals surface area (Å²) in [6.07, 6.45) is 3.38. The predicted octanol–water partition coefficient (Wildman–Crippen LogP) is -0.805. The summed E-state index contributed by atoms with van der Waals surface area (Å²) >= 11 is 0. The summed E-state index contributed by atoms with van der Waals surface area (Å²) in [5.74, 6) is -0.231. The Balaban J connectivity index is 2.03. The van der Waals surface area contributed by atoms with Crippen molar-refractivity contribution in [3.63, 3.8) is 0 Å². The van der Waals surface area contributed by atoms with E-state index in [1.165, 1.54) is 4.90 Å². The highest BCUT2D eigenvalue weighted by molar-refractivity contribution is 5.89. The highest BCUT2D eigenvalue weighted by Gasteiger charge is 2.16. The third-order valence-electron chi connectivity index (χ3n) is 1.86. The number of amides is 1. The van der Waals surface area contributed by atoms with E-state index in [9.17, 15) is 4.79 Å². The van der Waals surface area contributed by atoms with Gasteiger partial charge in [0.1, 0.15) is 0 Å². The maximum Gasteiger partial charge on any atom is 0.295 e. The van der Waals surface area contributed by atoms with Gasteiger partial charge in [0.2, 0.25) is 0 Å². The molecule has 2 heterocycles. The van der Waals surface area contributed by atoms with E-state index in [-0.39, 0.29) is 11.7 Å². The van der Waals surface area contributed by atoms with Gasteiger partial charge < -0.3 is 4.90 Å². The van der Waals surface area contributed by atoms with Gasteiger partial charge in [0.15, 0.2) is 0 Å². The van der Waals surface area contributed by atoms with E-state index in [1.54, 1.807) is 19.4 Å². The molecule has 8 nitrogen and oxygen atoms in total. The molecule has 2 rings (SSSR count). The van der Waals surface area contributed by atoms with Crippen molar-refractivity contribution in [2.45, 2.75) is 6.54 Å². The molecule has 1 amide bonds. The lowest BCUT2D eigenvalue weighted by Crippen LogP contribution is -2.27. The van der Waals surface area contributed by atoms with Gasteiger partial charge in [-0.2, -0.15) is 10.3 Å². The largest absolute Gasteiger partial charge is 0.334 e. The van der Waals surface area contributed by atoms with Crippen LogP contribution in [0.2, 0.25) is 0 Å². The van der Waals surface area contributed by atoms with Crippen molar-refractivity contribution in [1.82, 2.24) is 35.7 Å². The van der Waals surface area contributed by atoms with Gasteiger partial charge in [0.05, 0.1) is 6.20 Å². The summed E-state index contributed by atoms with van der Waals surface area (Å²) in [4.78, 5) is 13.1. The van der Waals surface area contributed by atoms with E-state index >= 15 is 0 Å². The Morgan fingerprint density at radius 1 is 1.60 bits per heavy atom. The number of hydrogen-bond donors (Lipinski definition) is 2. The van der Waals surface area contributed by atoms with Crippen LogP contribution in [0.3, 0.4) is 0 Å². The van der Waals surface area contributed by atoms with Gasteiger partial charge in [-0.15, -0.1) is 10.2 Å². The minimum atomic E-state index is -0.287. The lowest BCUT2D eigenvalue weighted by molar-refractivity contribution is 0.0773. The Bertz CT molecular complexity index is 420. The van der Waals surface area contributed by atoms with E-state index < -0.39 is 0 Å². The predicted molar refractivity (Wildman–Crippen MR) is 48.6 cm³/mol. The molecule has 0 radical (unpaired) electrons. The van der Waals surface area contributed by atoms with Crippen molar-refractivity contribution in [1.29, 1.82) is 0 Å². The second-order valence-corrected chi connectivity index (χ2v) is 3.00. The number of aromatic amines is 2. The summed E-state index contributed by atoms with van der Waals surface area (Å²) < 4.78 is 0. The van der Waals surface area contributed by atoms with Gasteiger partial charge in [0.25, 0.3) is 11.7 Å². The molecule has 0 aromatic carbocycles. The van der Waals surface area contributed by atoms with Crippen LogP contribution >= 0.6 is 0 Å². The van der Waals surface area contributed by atoms with Gasteiger partial charge in [-0.05, 0) is 5.21 Å². The molecule has 0 aliphatic carbocycles. The molecule has 0 bridgehead atoms. The molecule has 2 aromatic heterocycles. The zero-order valence-corrected chi connectivity index (χ0v) is 8.01. The van der Waals surface area contributed by atoms with Crippen molar-refractivity contribution in [3.05, 3.63) is 23.8 Å². The Morgan fingerprint density at radius 3 is 3.07 bits per heavy atom. The molecule has 8 heteroatoms. The maximum absolute atomic E-state index is 11.6. The number of carbonyl (C=O) groups is 1. The van der Waals surface area contributed by atoms with Crippen molar-refractivity contribution >= 4 is 5.91 Å². The average Bonchev–Trinajstić information content (AvgIpc) is 2.88. The molecule has 2 N–H and O–H groups in total. The van der Waals surface area contributed by atoms with Gasteiger partial charge >= 0.3 is 0 Å². The number of aromatic nitrogens is 6. The average molecular weight is 207 g/mol. The molecule has 15 heavy (non-hydrogen) atoms. The van der Waals surface area contributed by atoms with Gasteiger partial charge in [0, 0.05) is 25.4 Å². The number of tetrazole rings is 1. The lowest BCUT2D eigenvalue weighted by atomic mass is 10.3. The highest BCUT2D eigenvalue weighted by atomic mass is 16.2. The van der Waals surface area contributed by atoms with Gasteiger partial charge in [-0.1, -0.05) is 0 Å². The zero-order valence-electron chi connectivity index (χ0n) is 8.01. The third kappa shape index (κ3) is 1.98. The van der Waals surface area contributed by atoms with Crippen molar-refractivity contribution in [2.24, 2.45) is 0 Å². The number of H-pyrrole nitrogens is 2. The summed E-state index contributed by atoms with van der Waals surface area (Å²) in [6.45, 7) is 0.448. The molecule has 0 saturated heterocycles. The lowest BCUT2D eigenvalue weighted by Gasteiger charge is -2.13. The molecule has 2 aromatic rings. The second-order valence-electron chi connectivity index (χ2n) is 3.00. The smallest absolute Gasteiger partial charge is 0.295 e. The molecule has 0 unspecified atom stereocenters. The SMILES string of the molecule is CN(Cc1cn[nH]c1)C(=O)c1nn[nH]n1. The third-order valence-corrected chi connectivity index (χ3v) is 1.86. The normalized spacial score (nSPS) is 10.2. The quantitative estimate of drug-likeness (QED) is 0.685. The van der Waals surface area contributed by atoms with Crippen LogP contribution in [0, 0.1) is 0 Å². The van der Waals surface area contributed by atoms with Crippen LogP contribution in [0.25, 0.3) is 0 Å². The Hall–Kier alpha value is -2.25. The van der Waals surface area contributed by atoms with E-state index in [2.05, 4.69) is 30.8 Å². The first-order chi connectivity index (χ1) is 7.27. The van der Waals surface area contributed by atoms with Crippen LogP contribution < -0.4 is 0 Å². The highest BCUT2D eigenvalue weighted by Crippen LogP contribution is 2.02. The molecule has 0 saturated carbocycles. The number of nitrogens with zero attached hydrogens (tertiary/aromatic N) is 5. The first-order valence-corrected chi connectivity index (χ1v) is 4.24. The molecule has 0 spiro atoms. The molecular weight excluding hydrogens is 198 g/mol. The maximum atomic E-state index is 11.6. The first kappa shape index (κ1) is 9.31. The fourth-order valence-electron chi connectivity index (χ4n) is 1.13. The van der Waals surface area contributed by atoms with Crippen LogP contribution in [-0.4, -0.2) is 48.7 Å². The molecule has 0 aliphatic heterocycles. The molecule has 78 valence electrons. The van der Waals surface area contributed by atoms with E-state index in [1.807, 2.05) is 0 Å². The number of nitrogens with one attached hydrogen (secondary N) is 2. The topological polar surface area (TPSA) is 103 Å². The first-order valence-electron chi connectivity index (χ1n) is 4.24. The van der Waals surface area contributed by atoms with E-state index in [0.717, 1.165) is 5.56 Å². The van der Waals surface area contributed by atoms with Gasteiger partial charge in [-0.25, -0.2) is 0 Å². The van der Waals surface area contributed by atoms with Crippen molar-refractivity contribution in [3.8, 4) is 0 Å². The van der Waals surface area contributed by atoms with Crippen molar-refractivity contribution in [2.75, 3.05) is 7.05 Å². The zero-order chi connectivity index (χ0) is 10.7. The fraction of sp³-hybridized carbons (Fsp3) is 0.286. The van der Waals surface area contributed by atoms with Crippen LogP contribution in [0.15, 0.2) is 12.4 Å². The van der Waals surface area contributed by atoms with E-state index in [4.69, 9.17) is 0 Å².